The topological polar surface area (TPSA) is 47.3 Å². The lowest BCUT2D eigenvalue weighted by Crippen LogP contribution is -2.10. The summed E-state index contributed by atoms with van der Waals surface area (Å²) in [6.07, 6.45) is 0. The smallest absolute Gasteiger partial charge is 0.227 e. The van der Waals surface area contributed by atoms with Crippen LogP contribution in [0.25, 0.3) is 105 Å². The van der Waals surface area contributed by atoms with Crippen LogP contribution in [-0.2, 0) is 0 Å². The van der Waals surface area contributed by atoms with Crippen molar-refractivity contribution < 1.29 is 8.83 Å². The van der Waals surface area contributed by atoms with E-state index in [9.17, 15) is 0 Å². The molecule has 0 aliphatic rings. The van der Waals surface area contributed by atoms with Crippen LogP contribution in [0.4, 0.5) is 17.1 Å². The first-order valence-corrected chi connectivity index (χ1v) is 20.9. The maximum atomic E-state index is 6.66. The van der Waals surface area contributed by atoms with Crippen LogP contribution in [0.3, 0.4) is 0 Å². The molecule has 0 aliphatic heterocycles. The SMILES string of the molecule is c1ccc(-c2ccc3c(c2)c2ccc(N(c4ccc5oc6ccccc6c5c4)c4ccc5ccc6ccc7nc(-c8ccccc8)oc7c6c5c4)cc2n3-c2ccccc2)cc1. The molecular formula is C57H35N3O2. The van der Waals surface area contributed by atoms with Gasteiger partial charge in [-0.05, 0) is 118 Å². The van der Waals surface area contributed by atoms with Gasteiger partial charge in [0.05, 0.1) is 11.0 Å². The van der Waals surface area contributed by atoms with Crippen molar-refractivity contribution >= 4 is 93.5 Å². The molecule has 5 heteroatoms. The third-order valence-electron chi connectivity index (χ3n) is 12.4. The van der Waals surface area contributed by atoms with Gasteiger partial charge in [-0.3, -0.25) is 0 Å². The number of para-hydroxylation sites is 2. The summed E-state index contributed by atoms with van der Waals surface area (Å²) in [5, 5.41) is 8.90. The zero-order valence-corrected chi connectivity index (χ0v) is 33.4. The van der Waals surface area contributed by atoms with E-state index in [1.807, 2.05) is 42.5 Å². The van der Waals surface area contributed by atoms with Crippen molar-refractivity contribution in [2.75, 3.05) is 4.90 Å². The number of rotatable bonds is 6. The van der Waals surface area contributed by atoms with E-state index in [0.29, 0.717) is 5.89 Å². The van der Waals surface area contributed by atoms with Crippen LogP contribution in [0.2, 0.25) is 0 Å². The Morgan fingerprint density at radius 3 is 1.87 bits per heavy atom. The van der Waals surface area contributed by atoms with Crippen LogP contribution < -0.4 is 4.90 Å². The Morgan fingerprint density at radius 1 is 0.387 bits per heavy atom. The van der Waals surface area contributed by atoms with Crippen molar-refractivity contribution in [1.82, 2.24) is 9.55 Å². The van der Waals surface area contributed by atoms with Crippen molar-refractivity contribution in [3.8, 4) is 28.3 Å². The molecule has 290 valence electrons. The van der Waals surface area contributed by atoms with Crippen molar-refractivity contribution in [1.29, 1.82) is 0 Å². The molecule has 13 aromatic rings. The average molecular weight is 794 g/mol. The Kier molecular flexibility index (Phi) is 7.54. The maximum Gasteiger partial charge on any atom is 0.227 e. The second kappa shape index (κ2) is 13.6. The second-order valence-electron chi connectivity index (χ2n) is 16.0. The van der Waals surface area contributed by atoms with Crippen molar-refractivity contribution in [2.24, 2.45) is 0 Å². The monoisotopic (exact) mass is 793 g/mol. The minimum Gasteiger partial charge on any atom is -0.456 e. The lowest BCUT2D eigenvalue weighted by Gasteiger charge is -2.26. The number of furan rings is 1. The fourth-order valence-electron chi connectivity index (χ4n) is 9.47. The van der Waals surface area contributed by atoms with Gasteiger partial charge in [0.2, 0.25) is 5.89 Å². The van der Waals surface area contributed by atoms with Crippen LogP contribution in [0.5, 0.6) is 0 Å². The molecule has 5 nitrogen and oxygen atoms in total. The largest absolute Gasteiger partial charge is 0.456 e. The molecule has 0 aliphatic carbocycles. The molecule has 62 heavy (non-hydrogen) atoms. The van der Waals surface area contributed by atoms with Crippen LogP contribution in [0.1, 0.15) is 0 Å². The van der Waals surface area contributed by atoms with Gasteiger partial charge in [-0.15, -0.1) is 0 Å². The van der Waals surface area contributed by atoms with Gasteiger partial charge in [0, 0.05) is 55.2 Å². The Labute approximate surface area is 355 Å². The van der Waals surface area contributed by atoms with Gasteiger partial charge in [-0.2, -0.15) is 0 Å². The normalized spacial score (nSPS) is 11.9. The fourth-order valence-corrected chi connectivity index (χ4v) is 9.47. The van der Waals surface area contributed by atoms with Crippen LogP contribution in [0, 0.1) is 0 Å². The van der Waals surface area contributed by atoms with Crippen molar-refractivity contribution in [2.45, 2.75) is 0 Å². The summed E-state index contributed by atoms with van der Waals surface area (Å²) in [4.78, 5) is 7.33. The molecule has 10 aromatic carbocycles. The van der Waals surface area contributed by atoms with Gasteiger partial charge in [0.15, 0.2) is 5.58 Å². The van der Waals surface area contributed by atoms with Gasteiger partial charge >= 0.3 is 0 Å². The fraction of sp³-hybridized carbons (Fsp3) is 0. The van der Waals surface area contributed by atoms with E-state index in [2.05, 4.69) is 179 Å². The molecule has 3 heterocycles. The number of anilines is 3. The lowest BCUT2D eigenvalue weighted by atomic mass is 10.00. The number of benzene rings is 10. The highest BCUT2D eigenvalue weighted by molar-refractivity contribution is 6.19. The molecule has 0 atom stereocenters. The second-order valence-corrected chi connectivity index (χ2v) is 16.0. The van der Waals surface area contributed by atoms with Crippen LogP contribution in [0.15, 0.2) is 221 Å². The quantitative estimate of drug-likeness (QED) is 0.157. The van der Waals surface area contributed by atoms with Crippen LogP contribution in [-0.4, -0.2) is 9.55 Å². The van der Waals surface area contributed by atoms with E-state index in [4.69, 9.17) is 13.8 Å². The van der Waals surface area contributed by atoms with Gasteiger partial charge in [-0.25, -0.2) is 4.98 Å². The first-order chi connectivity index (χ1) is 30.7. The number of oxazole rings is 1. The number of fused-ring (bicyclic) bond motifs is 11. The number of hydrogen-bond acceptors (Lipinski definition) is 4. The molecule has 0 spiro atoms. The van der Waals surface area contributed by atoms with Crippen molar-refractivity contribution in [3.63, 3.8) is 0 Å². The summed E-state index contributed by atoms with van der Waals surface area (Å²) < 4.78 is 15.4. The molecule has 0 saturated heterocycles. The first-order valence-electron chi connectivity index (χ1n) is 20.9. The zero-order chi connectivity index (χ0) is 40.7. The number of nitrogens with zero attached hydrogens (tertiary/aromatic N) is 3. The minimum absolute atomic E-state index is 0.613. The molecule has 0 amide bonds. The molecule has 0 saturated carbocycles. The summed E-state index contributed by atoms with van der Waals surface area (Å²) >= 11 is 0. The molecule has 0 unspecified atom stereocenters. The summed E-state index contributed by atoms with van der Waals surface area (Å²) in [7, 11) is 0. The standard InChI is InChI=1S/C57H35N3O2/c1-4-12-36(13-5-1)40-24-30-51-48(32-40)45-28-26-44(35-52(45)60(51)41-16-8-3-9-17-41)59(43-27-31-54-49(34-43)46-18-10-11-19-53(46)61-54)42-25-22-37-20-21-38-23-29-50-56(55(38)47(37)33-42)62-57(58-50)39-14-6-2-7-15-39/h1-35H. The van der Waals surface area contributed by atoms with Gasteiger partial charge in [0.25, 0.3) is 0 Å². The number of hydrogen-bond donors (Lipinski definition) is 0. The molecule has 13 rings (SSSR count). The molecule has 0 radical (unpaired) electrons. The van der Waals surface area contributed by atoms with E-state index in [1.165, 1.54) is 21.9 Å². The van der Waals surface area contributed by atoms with E-state index in [-0.39, 0.29) is 0 Å². The summed E-state index contributed by atoms with van der Waals surface area (Å²) in [6.45, 7) is 0. The first kappa shape index (κ1) is 34.5. The number of aromatic nitrogens is 2. The zero-order valence-electron chi connectivity index (χ0n) is 33.4. The summed E-state index contributed by atoms with van der Waals surface area (Å²) in [6, 6.07) is 75.3. The van der Waals surface area contributed by atoms with E-state index in [0.717, 1.165) is 93.9 Å². The minimum atomic E-state index is 0.613. The maximum absolute atomic E-state index is 6.66. The highest BCUT2D eigenvalue weighted by Crippen LogP contribution is 2.44. The molecule has 3 aromatic heterocycles. The third-order valence-corrected chi connectivity index (χ3v) is 12.4. The lowest BCUT2D eigenvalue weighted by molar-refractivity contribution is 0.623. The van der Waals surface area contributed by atoms with Gasteiger partial charge in [0.1, 0.15) is 16.7 Å². The molecular weight excluding hydrogens is 759 g/mol. The van der Waals surface area contributed by atoms with Gasteiger partial charge < -0.3 is 18.3 Å². The third kappa shape index (κ3) is 5.38. The summed E-state index contributed by atoms with van der Waals surface area (Å²) in [5.41, 5.74) is 13.1. The van der Waals surface area contributed by atoms with Crippen LogP contribution >= 0.6 is 0 Å². The molecule has 0 bridgehead atoms. The Morgan fingerprint density at radius 2 is 1.03 bits per heavy atom. The predicted molar refractivity (Wildman–Crippen MR) is 256 cm³/mol. The Balaban J connectivity index is 1.07. The highest BCUT2D eigenvalue weighted by Gasteiger charge is 2.21. The highest BCUT2D eigenvalue weighted by atomic mass is 16.3. The predicted octanol–water partition coefficient (Wildman–Crippen LogP) is 15.9. The molecule has 0 N–H and O–H groups in total. The average Bonchev–Trinajstić information content (AvgIpc) is 4.04. The van der Waals surface area contributed by atoms with Crippen molar-refractivity contribution in [3.05, 3.63) is 212 Å². The Bertz CT molecular complexity index is 3860. The summed E-state index contributed by atoms with van der Waals surface area (Å²) in [5.74, 6) is 0.613. The van der Waals surface area contributed by atoms with E-state index >= 15 is 0 Å². The molecule has 0 fully saturated rings. The van der Waals surface area contributed by atoms with E-state index < -0.39 is 0 Å². The Hall–Kier alpha value is -8.41. The van der Waals surface area contributed by atoms with E-state index in [1.54, 1.807) is 0 Å². The van der Waals surface area contributed by atoms with Gasteiger partial charge in [-0.1, -0.05) is 121 Å².